The van der Waals surface area contributed by atoms with Gasteiger partial charge in [-0.15, -0.1) is 0 Å². The number of esters is 1. The van der Waals surface area contributed by atoms with E-state index in [4.69, 9.17) is 14.2 Å². The van der Waals surface area contributed by atoms with Gasteiger partial charge >= 0.3 is 5.97 Å². The molecule has 0 aliphatic carbocycles. The first-order chi connectivity index (χ1) is 11.3. The zero-order chi connectivity index (χ0) is 17.9. The maximum absolute atomic E-state index is 12.6. The monoisotopic (exact) mass is 353 g/mol. The Labute approximate surface area is 144 Å². The third-order valence-corrected chi connectivity index (χ3v) is 5.15. The predicted octanol–water partition coefficient (Wildman–Crippen LogP) is 2.28. The summed E-state index contributed by atoms with van der Waals surface area (Å²) in [6, 6.07) is 4.80. The van der Waals surface area contributed by atoms with E-state index >= 15 is 0 Å². The Balaban J connectivity index is 2.44. The van der Waals surface area contributed by atoms with E-state index in [1.165, 1.54) is 6.08 Å². The van der Waals surface area contributed by atoms with Gasteiger partial charge in [-0.25, -0.2) is 13.7 Å². The van der Waals surface area contributed by atoms with Crippen LogP contribution in [0, 0.1) is 0 Å². The second kappa shape index (κ2) is 7.36. The Bertz CT molecular complexity index is 665. The molecule has 1 aromatic rings. The predicted molar refractivity (Wildman–Crippen MR) is 92.3 cm³/mol. The van der Waals surface area contributed by atoms with Crippen molar-refractivity contribution < 1.29 is 23.2 Å². The van der Waals surface area contributed by atoms with Crippen LogP contribution >= 0.6 is 0 Å². The van der Waals surface area contributed by atoms with Gasteiger partial charge in [-0.05, 0) is 45.0 Å². The van der Waals surface area contributed by atoms with Crippen LogP contribution in [0.4, 0.5) is 0 Å². The summed E-state index contributed by atoms with van der Waals surface area (Å²) in [5.74, 6) is 0.804. The van der Waals surface area contributed by atoms with Crippen LogP contribution in [0.5, 0.6) is 11.5 Å². The third kappa shape index (κ3) is 4.15. The van der Waals surface area contributed by atoms with E-state index in [2.05, 4.69) is 4.72 Å². The number of cyclic esters (lactones) is 1. The maximum Gasteiger partial charge on any atom is 0.331 e. The Hall–Kier alpha value is -1.86. The van der Waals surface area contributed by atoms with Gasteiger partial charge in [0.2, 0.25) is 0 Å². The molecule has 132 valence electrons. The number of nitrogens with one attached hydrogen (secondary N) is 1. The van der Waals surface area contributed by atoms with Crippen molar-refractivity contribution in [2.24, 2.45) is 0 Å². The lowest BCUT2D eigenvalue weighted by Crippen LogP contribution is -2.40. The molecule has 1 N–H and O–H groups in total. The van der Waals surface area contributed by atoms with Crippen molar-refractivity contribution >= 4 is 17.0 Å². The van der Waals surface area contributed by atoms with Crippen LogP contribution in [0.3, 0.4) is 0 Å². The lowest BCUT2D eigenvalue weighted by atomic mass is 10.0. The molecular formula is C17H23NO5S. The molecule has 0 spiro atoms. The number of hydrogen-bond acceptors (Lipinski definition) is 5. The van der Waals surface area contributed by atoms with E-state index in [0.717, 1.165) is 0 Å². The average molecular weight is 353 g/mol. The highest BCUT2D eigenvalue weighted by Crippen LogP contribution is 2.34. The Kier molecular flexibility index (Phi) is 5.66. The summed E-state index contributed by atoms with van der Waals surface area (Å²) in [7, 11) is 1.76. The molecule has 0 bridgehead atoms. The molecule has 1 aliphatic rings. The molecule has 0 aromatic heterocycles. The molecule has 2 rings (SSSR count). The normalized spacial score (nSPS) is 19.7. The Morgan fingerprint density at radius 2 is 1.96 bits per heavy atom. The highest BCUT2D eigenvalue weighted by Gasteiger charge is 2.34. The fraction of sp³-hybridized carbons (Fsp3) is 0.471. The molecule has 0 radical (unpaired) electrons. The molecule has 7 heteroatoms. The van der Waals surface area contributed by atoms with Crippen molar-refractivity contribution in [3.05, 3.63) is 35.9 Å². The minimum absolute atomic E-state index is 0.421. The molecule has 1 aliphatic heterocycles. The van der Waals surface area contributed by atoms with Gasteiger partial charge in [0.05, 0.1) is 36.0 Å². The molecule has 0 amide bonds. The minimum Gasteiger partial charge on any atom is -0.497 e. The van der Waals surface area contributed by atoms with E-state index in [9.17, 15) is 9.00 Å². The van der Waals surface area contributed by atoms with Gasteiger partial charge in [-0.2, -0.15) is 0 Å². The number of hydrogen-bond donors (Lipinski definition) is 1. The number of rotatable bonds is 6. The molecule has 1 unspecified atom stereocenters. The van der Waals surface area contributed by atoms with Gasteiger partial charge in [0, 0.05) is 11.6 Å². The van der Waals surface area contributed by atoms with Crippen molar-refractivity contribution in [3.8, 4) is 11.5 Å². The fourth-order valence-electron chi connectivity index (χ4n) is 2.25. The quantitative estimate of drug-likeness (QED) is 0.794. The number of ether oxygens (including phenoxy) is 3. The molecule has 6 nitrogen and oxygen atoms in total. The number of carbonyl (C=O) groups is 1. The third-order valence-electron chi connectivity index (χ3n) is 3.56. The molecule has 1 heterocycles. The first-order valence-electron chi connectivity index (χ1n) is 7.55. The van der Waals surface area contributed by atoms with Crippen molar-refractivity contribution in [3.63, 3.8) is 0 Å². The second-order valence-corrected chi connectivity index (χ2v) is 8.34. The zero-order valence-electron chi connectivity index (χ0n) is 14.5. The van der Waals surface area contributed by atoms with Crippen LogP contribution in [0.1, 0.15) is 32.4 Å². The maximum atomic E-state index is 12.6. The van der Waals surface area contributed by atoms with Crippen LogP contribution in [0.15, 0.2) is 30.4 Å². The van der Waals surface area contributed by atoms with Gasteiger partial charge in [-0.3, -0.25) is 0 Å². The molecule has 24 heavy (non-hydrogen) atoms. The molecule has 0 saturated heterocycles. The van der Waals surface area contributed by atoms with Gasteiger partial charge < -0.3 is 14.2 Å². The van der Waals surface area contributed by atoms with Crippen LogP contribution in [0.25, 0.3) is 0 Å². The van der Waals surface area contributed by atoms with Crippen LogP contribution < -0.4 is 14.2 Å². The largest absolute Gasteiger partial charge is 0.497 e. The molecule has 0 fully saturated rings. The first-order valence-corrected chi connectivity index (χ1v) is 8.70. The van der Waals surface area contributed by atoms with E-state index < -0.39 is 33.8 Å². The molecular weight excluding hydrogens is 330 g/mol. The van der Waals surface area contributed by atoms with E-state index in [1.54, 1.807) is 38.5 Å². The molecule has 0 saturated carbocycles. The van der Waals surface area contributed by atoms with Gasteiger partial charge in [0.1, 0.15) is 17.6 Å². The Morgan fingerprint density at radius 3 is 2.46 bits per heavy atom. The smallest absolute Gasteiger partial charge is 0.331 e. The minimum atomic E-state index is -1.37. The standard InChI is InChI=1S/C17H23NO5S/c1-17(2,3)24(20)18-16(14-8-9-15(19)23-14)12-10-11(21-4)6-7-13(12)22-5/h6-10,14,16,18H,1-5H3/t14-,16+,24?/m0/s1. The van der Waals surface area contributed by atoms with Crippen molar-refractivity contribution in [2.75, 3.05) is 14.2 Å². The average Bonchev–Trinajstić information content (AvgIpc) is 2.97. The van der Waals surface area contributed by atoms with Crippen molar-refractivity contribution in [1.29, 1.82) is 0 Å². The number of carbonyl (C=O) groups excluding carboxylic acids is 1. The molecule has 3 atom stereocenters. The highest BCUT2D eigenvalue weighted by molar-refractivity contribution is 7.84. The Morgan fingerprint density at radius 1 is 1.25 bits per heavy atom. The van der Waals surface area contributed by atoms with Crippen LogP contribution in [-0.2, 0) is 20.5 Å². The summed E-state index contributed by atoms with van der Waals surface area (Å²) in [5, 5.41) is 0. The van der Waals surface area contributed by atoms with E-state index in [0.29, 0.717) is 17.1 Å². The number of benzene rings is 1. The van der Waals surface area contributed by atoms with Gasteiger partial charge in [0.25, 0.3) is 0 Å². The van der Waals surface area contributed by atoms with Crippen LogP contribution in [-0.4, -0.2) is 35.2 Å². The fourth-order valence-corrected chi connectivity index (χ4v) is 3.09. The SMILES string of the molecule is COc1ccc(OC)c([C@@H](NS(=O)C(C)(C)C)[C@@H]2C=CC(=O)O2)c1. The first kappa shape index (κ1) is 18.5. The van der Waals surface area contributed by atoms with Crippen molar-refractivity contribution in [2.45, 2.75) is 37.7 Å². The summed E-state index contributed by atoms with van der Waals surface area (Å²) in [6.07, 6.45) is 2.44. The topological polar surface area (TPSA) is 73.9 Å². The summed E-state index contributed by atoms with van der Waals surface area (Å²) in [5.41, 5.74) is 0.707. The zero-order valence-corrected chi connectivity index (χ0v) is 15.3. The van der Waals surface area contributed by atoms with E-state index in [-0.39, 0.29) is 0 Å². The summed E-state index contributed by atoms with van der Waals surface area (Å²) < 4.78 is 31.2. The van der Waals surface area contributed by atoms with E-state index in [1.807, 2.05) is 20.8 Å². The lowest BCUT2D eigenvalue weighted by molar-refractivity contribution is -0.139. The second-order valence-electron chi connectivity index (χ2n) is 6.35. The summed E-state index contributed by atoms with van der Waals surface area (Å²) >= 11 is 0. The molecule has 1 aromatic carbocycles. The summed E-state index contributed by atoms with van der Waals surface area (Å²) in [6.45, 7) is 5.60. The van der Waals surface area contributed by atoms with Gasteiger partial charge in [0.15, 0.2) is 0 Å². The van der Waals surface area contributed by atoms with Crippen molar-refractivity contribution in [1.82, 2.24) is 4.72 Å². The lowest BCUT2D eigenvalue weighted by Gasteiger charge is -2.28. The van der Waals surface area contributed by atoms with Gasteiger partial charge in [-0.1, -0.05) is 0 Å². The summed E-state index contributed by atoms with van der Waals surface area (Å²) in [4.78, 5) is 11.5. The number of methoxy groups -OCH3 is 2. The van der Waals surface area contributed by atoms with Crippen LogP contribution in [0.2, 0.25) is 0 Å². The highest BCUT2D eigenvalue weighted by atomic mass is 32.2.